The number of aryl methyl sites for hydroxylation is 1. The summed E-state index contributed by atoms with van der Waals surface area (Å²) in [6.45, 7) is 4.93. The molecule has 36 nitrogen and oxygen atoms in total. The molecule has 3 rings (SSSR count). The van der Waals surface area contributed by atoms with Crippen LogP contribution in [0, 0.1) is 5.92 Å². The van der Waals surface area contributed by atoms with Gasteiger partial charge in [-0.15, -0.1) is 5.10 Å². The zero-order valence-electron chi connectivity index (χ0n) is 52.4. The average Bonchev–Trinajstić information content (AvgIpc) is 1.52. The second-order valence-corrected chi connectivity index (χ2v) is 22.5. The smallest absolute Gasteiger partial charge is 0.305 e. The van der Waals surface area contributed by atoms with E-state index in [9.17, 15) is 102 Å². The number of amides is 11. The molecule has 3 aromatic rings. The molecule has 0 aliphatic rings. The third-order valence-corrected chi connectivity index (χ3v) is 13.4. The van der Waals surface area contributed by atoms with E-state index in [-0.39, 0.29) is 19.3 Å². The highest BCUT2D eigenvalue weighted by atomic mass is 16.4. The van der Waals surface area contributed by atoms with Crippen LogP contribution in [-0.4, -0.2) is 209 Å². The lowest BCUT2D eigenvalue weighted by Crippen LogP contribution is -2.60. The number of hydrogen-bond acceptors (Lipinski definition) is 19. The molecule has 0 unspecified atom stereocenters. The van der Waals surface area contributed by atoms with E-state index >= 15 is 0 Å². The molecule has 0 saturated heterocycles. The molecular formula is C59H81N15O21. The zero-order chi connectivity index (χ0) is 70.9. The van der Waals surface area contributed by atoms with Crippen molar-refractivity contribution < 1.29 is 102 Å². The van der Waals surface area contributed by atoms with E-state index in [0.717, 1.165) is 12.1 Å². The van der Waals surface area contributed by atoms with Crippen molar-refractivity contribution in [2.45, 2.75) is 159 Å². The molecule has 0 radical (unpaired) electrons. The number of carbonyl (C=O) groups is 16. The molecule has 518 valence electrons. The highest BCUT2D eigenvalue weighted by Gasteiger charge is 2.36. The van der Waals surface area contributed by atoms with Gasteiger partial charge in [0.1, 0.15) is 42.3 Å². The van der Waals surface area contributed by atoms with Gasteiger partial charge in [0, 0.05) is 31.6 Å². The molecule has 0 aliphatic heterocycles. The molecule has 0 aliphatic carbocycles. The quantitative estimate of drug-likeness (QED) is 0.0236. The van der Waals surface area contributed by atoms with Gasteiger partial charge in [0.15, 0.2) is 0 Å². The summed E-state index contributed by atoms with van der Waals surface area (Å²) in [5.41, 5.74) is 7.52. The van der Waals surface area contributed by atoms with Crippen LogP contribution in [0.5, 0.6) is 0 Å². The van der Waals surface area contributed by atoms with Crippen LogP contribution in [0.25, 0.3) is 0 Å². The molecule has 36 heteroatoms. The minimum Gasteiger partial charge on any atom is -0.481 e. The number of aliphatic carboxylic acids is 5. The van der Waals surface area contributed by atoms with E-state index in [0.29, 0.717) is 36.4 Å². The number of rotatable bonds is 44. The Kier molecular flexibility index (Phi) is 33.1. The summed E-state index contributed by atoms with van der Waals surface area (Å²) in [4.78, 5) is 205. The number of benzene rings is 2. The number of nitrogens with zero attached hydrogens (tertiary/aromatic N) is 3. The van der Waals surface area contributed by atoms with Gasteiger partial charge in [0.05, 0.1) is 63.5 Å². The number of unbranched alkanes of at least 4 members (excludes halogenated alkanes) is 1. The van der Waals surface area contributed by atoms with Gasteiger partial charge in [-0.1, -0.05) is 93.6 Å². The lowest BCUT2D eigenvalue weighted by Gasteiger charge is -2.27. The number of nitrogens with one attached hydrogen (secondary N) is 11. The summed E-state index contributed by atoms with van der Waals surface area (Å²) in [6.07, 6.45) is -2.40. The van der Waals surface area contributed by atoms with Crippen LogP contribution in [0.4, 0.5) is 0 Å². The monoisotopic (exact) mass is 1340 g/mol. The van der Waals surface area contributed by atoms with Gasteiger partial charge in [-0.05, 0) is 42.7 Å². The minimum absolute atomic E-state index is 0.0959. The predicted octanol–water partition coefficient (Wildman–Crippen LogP) is -4.90. The van der Waals surface area contributed by atoms with Crippen LogP contribution in [0.1, 0.15) is 95.9 Å². The number of carboxylic acid groups (broad SMARTS) is 5. The third-order valence-electron chi connectivity index (χ3n) is 13.4. The van der Waals surface area contributed by atoms with E-state index in [1.165, 1.54) is 0 Å². The Hall–Kier alpha value is -10.9. The van der Waals surface area contributed by atoms with Crippen molar-refractivity contribution in [1.29, 1.82) is 0 Å². The first-order chi connectivity index (χ1) is 44.8. The molecule has 1 aromatic heterocycles. The fourth-order valence-electron chi connectivity index (χ4n) is 8.98. The highest BCUT2D eigenvalue weighted by molar-refractivity contribution is 6.00. The average molecular weight is 1340 g/mol. The predicted molar refractivity (Wildman–Crippen MR) is 328 cm³/mol. The number of carboxylic acids is 5. The molecular weight excluding hydrogens is 1250 g/mol. The Morgan fingerprint density at radius 2 is 0.779 bits per heavy atom. The molecule has 0 fully saturated rings. The van der Waals surface area contributed by atoms with Crippen molar-refractivity contribution in [3.05, 3.63) is 83.7 Å². The Balaban J connectivity index is 1.73. The van der Waals surface area contributed by atoms with Crippen LogP contribution < -0.4 is 64.2 Å². The van der Waals surface area contributed by atoms with Gasteiger partial charge in [-0.3, -0.25) is 81.4 Å². The Morgan fingerprint density at radius 1 is 0.421 bits per heavy atom. The number of aromatic nitrogens is 3. The molecule has 18 N–H and O–H groups in total. The second-order valence-electron chi connectivity index (χ2n) is 22.5. The van der Waals surface area contributed by atoms with Crippen molar-refractivity contribution in [3.63, 3.8) is 0 Å². The third kappa shape index (κ3) is 31.3. The maximum absolute atomic E-state index is 14.5. The Labute approximate surface area is 543 Å². The Bertz CT molecular complexity index is 3200. The second kappa shape index (κ2) is 40.1. The van der Waals surface area contributed by atoms with Crippen LogP contribution in [0.3, 0.4) is 0 Å². The van der Waals surface area contributed by atoms with Gasteiger partial charge in [0.2, 0.25) is 65.0 Å². The molecule has 11 amide bonds. The first-order valence-corrected chi connectivity index (χ1v) is 29.8. The maximum Gasteiger partial charge on any atom is 0.305 e. The topological polar surface area (TPSA) is 563 Å². The first kappa shape index (κ1) is 78.3. The summed E-state index contributed by atoms with van der Waals surface area (Å²) in [5.74, 6) is -20.6. The van der Waals surface area contributed by atoms with E-state index in [2.05, 4.69) is 47.5 Å². The Morgan fingerprint density at radius 3 is 1.19 bits per heavy atom. The highest BCUT2D eigenvalue weighted by Crippen LogP contribution is 2.12. The number of hydrogen-bond donors (Lipinski definition) is 17. The van der Waals surface area contributed by atoms with Gasteiger partial charge in [-0.25, -0.2) is 0 Å². The van der Waals surface area contributed by atoms with E-state index in [4.69, 9.17) is 5.73 Å². The fourth-order valence-corrected chi connectivity index (χ4v) is 8.98. The first-order valence-electron chi connectivity index (χ1n) is 29.8. The minimum atomic E-state index is -2.24. The lowest BCUT2D eigenvalue weighted by atomic mass is 10.0. The fraction of sp³-hybridized carbons (Fsp3) is 0.492. The molecule has 8 atom stereocenters. The summed E-state index contributed by atoms with van der Waals surface area (Å²) in [7, 11) is 0. The normalized spacial score (nSPS) is 13.5. The number of nitrogens with two attached hydrogens (primary N) is 1. The van der Waals surface area contributed by atoms with Crippen molar-refractivity contribution in [2.75, 3.05) is 19.6 Å². The molecule has 1 heterocycles. The molecule has 0 bridgehead atoms. The maximum atomic E-state index is 14.5. The SMILES string of the molecule is CC(C)Cc1cn(CCCC[C@H](NC(=O)[C@H](Cc2ccccc2)NC(=O)[C@H](Cc2ccccc2)NC(=O)[C@H](CC(=O)O)NC(=O)[C@H](CC(=O)O)NC(=O)[C@H](CC(=O)O)NC(=O)CNC(=O)CNC(=O)CNC(=O)[C@H](CC(=O)O)NC(=O)[C@H](CC(=O)O)NC(C)C)C(N)=O)nn1. The van der Waals surface area contributed by atoms with E-state index in [1.54, 1.807) is 79.2 Å². The number of carbonyl (C=O) groups excluding carboxylic acids is 11. The zero-order valence-corrected chi connectivity index (χ0v) is 52.4. The van der Waals surface area contributed by atoms with Crippen LogP contribution >= 0.6 is 0 Å². The summed E-state index contributed by atoms with van der Waals surface area (Å²) in [5, 5.41) is 80.5. The summed E-state index contributed by atoms with van der Waals surface area (Å²) in [6, 6.07) is 1.93. The summed E-state index contributed by atoms with van der Waals surface area (Å²) >= 11 is 0. The van der Waals surface area contributed by atoms with Crippen LogP contribution in [0.2, 0.25) is 0 Å². The largest absolute Gasteiger partial charge is 0.481 e. The van der Waals surface area contributed by atoms with Crippen molar-refractivity contribution in [3.8, 4) is 0 Å². The molecule has 0 saturated carbocycles. The van der Waals surface area contributed by atoms with Crippen molar-refractivity contribution in [2.24, 2.45) is 11.7 Å². The van der Waals surface area contributed by atoms with Gasteiger partial charge >= 0.3 is 29.8 Å². The molecule has 95 heavy (non-hydrogen) atoms. The van der Waals surface area contributed by atoms with Gasteiger partial charge in [-0.2, -0.15) is 0 Å². The van der Waals surface area contributed by atoms with Gasteiger partial charge in [0.25, 0.3) is 0 Å². The summed E-state index contributed by atoms with van der Waals surface area (Å²) < 4.78 is 1.66. The van der Waals surface area contributed by atoms with Gasteiger partial charge < -0.3 is 89.8 Å². The standard InChI is InChI=1S/C59H81N15O21/c1-31(2)19-35-30-74(73-72-35)18-12-11-17-36(52(60)88)66-54(90)37(20-33-13-7-5-8-14-33)67-55(91)38(21-34-15-9-6-10-16-34)68-58(94)42(25-50(84)85)71-59(95)43(26-51(86)87)70-57(93)41(24-49(82)83)65-46(77)29-62-44(75)27-61-45(76)28-63-53(89)39(22-47(78)79)69-56(92)40(23-48(80)81)64-32(3)4/h5-10,13-16,30-32,36-43,64H,11-12,17-29H2,1-4H3,(H2,60,88)(H,61,76)(H,62,75)(H,63,89)(H,65,77)(H,66,90)(H,67,91)(H,68,94)(H,69,92)(H,70,93)(H,71,95)(H,78,79)(H,80,81)(H,82,83)(H,84,85)(H,86,87)/t36-,37-,38-,39-,40-,41-,42-,43-/m0/s1. The van der Waals surface area contributed by atoms with E-state index in [1.807, 2.05) is 41.3 Å². The van der Waals surface area contributed by atoms with Crippen molar-refractivity contribution in [1.82, 2.24) is 73.5 Å². The molecule has 0 spiro atoms. The van der Waals surface area contributed by atoms with E-state index < -0.39 is 201 Å². The van der Waals surface area contributed by atoms with Crippen LogP contribution in [-0.2, 0) is 103 Å². The molecule has 2 aromatic carbocycles. The van der Waals surface area contributed by atoms with Crippen LogP contribution in [0.15, 0.2) is 66.9 Å². The number of primary amides is 1. The van der Waals surface area contributed by atoms with Crippen molar-refractivity contribution >= 4 is 94.8 Å². The lowest BCUT2D eigenvalue weighted by molar-refractivity contribution is -0.144.